The maximum Gasteiger partial charge on any atom is 0.481 e. The van der Waals surface area contributed by atoms with Crippen LogP contribution in [0.2, 0.25) is 0 Å². The molecule has 1 aliphatic heterocycles. The molecule has 3 aliphatic carbocycles. The van der Waals surface area contributed by atoms with E-state index in [0.29, 0.717) is 29.6 Å². The number of carbonyl (C=O) groups is 3. The zero-order valence-corrected chi connectivity index (χ0v) is 30.0. The summed E-state index contributed by atoms with van der Waals surface area (Å²) in [5.41, 5.74) is 9.12. The van der Waals surface area contributed by atoms with E-state index < -0.39 is 36.5 Å². The summed E-state index contributed by atoms with van der Waals surface area (Å²) in [6.45, 7) is 11.0. The molecule has 11 heteroatoms. The van der Waals surface area contributed by atoms with E-state index in [1.165, 1.54) is 6.07 Å². The molecule has 3 aromatic carbocycles. The van der Waals surface area contributed by atoms with E-state index in [2.05, 4.69) is 55.6 Å². The molecule has 4 aliphatic rings. The summed E-state index contributed by atoms with van der Waals surface area (Å²) in [4.78, 5) is 44.7. The zero-order valence-electron chi connectivity index (χ0n) is 30.0. The fourth-order valence-corrected chi connectivity index (χ4v) is 8.52. The van der Waals surface area contributed by atoms with Crippen molar-refractivity contribution < 1.29 is 23.7 Å². The van der Waals surface area contributed by atoms with Crippen molar-refractivity contribution in [3.63, 3.8) is 0 Å². The Bertz CT molecular complexity index is 1960. The van der Waals surface area contributed by atoms with Crippen LogP contribution in [0.25, 0.3) is 10.9 Å². The molecule has 2 bridgehead atoms. The van der Waals surface area contributed by atoms with Crippen LogP contribution in [0.3, 0.4) is 0 Å². The fraction of sp³-hybridized carbons (Fsp3) is 0.425. The van der Waals surface area contributed by atoms with Crippen LogP contribution in [0.4, 0.5) is 11.4 Å². The topological polar surface area (TPSA) is 148 Å². The van der Waals surface area contributed by atoms with E-state index in [9.17, 15) is 14.4 Å². The largest absolute Gasteiger partial charge is 0.481 e. The average molecular weight is 690 g/mol. The first-order valence-corrected chi connectivity index (χ1v) is 18.1. The SMILES string of the molecule is CC(C)C[C@H](NC(=O)[C@H](Cc1c[nH]c2ccccc12)NC(=O)c1cccc(C(=O)Nc2ccccc2N)c1)B1OC2[C@@H]3C[C@H](C[C@]2(C)O1)C3(C)C. The van der Waals surface area contributed by atoms with E-state index >= 15 is 0 Å². The molecule has 3 saturated carbocycles. The number of hydrogen-bond donors (Lipinski definition) is 5. The molecule has 266 valence electrons. The maximum absolute atomic E-state index is 14.4. The third kappa shape index (κ3) is 6.77. The van der Waals surface area contributed by atoms with Crippen LogP contribution >= 0.6 is 0 Å². The van der Waals surface area contributed by atoms with E-state index in [0.717, 1.165) is 29.3 Å². The second-order valence-electron chi connectivity index (χ2n) is 15.9. The Labute approximate surface area is 299 Å². The molecule has 8 rings (SSSR count). The number of hydrogen-bond acceptors (Lipinski definition) is 6. The van der Waals surface area contributed by atoms with Crippen molar-refractivity contribution >= 4 is 47.1 Å². The highest BCUT2D eigenvalue weighted by atomic mass is 16.7. The summed E-state index contributed by atoms with van der Waals surface area (Å²) in [6.07, 6.45) is 4.83. The number of aromatic nitrogens is 1. The maximum atomic E-state index is 14.4. The molecule has 6 atom stereocenters. The number of anilines is 2. The van der Waals surface area contributed by atoms with Crippen molar-refractivity contribution in [3.8, 4) is 0 Å². The molecular formula is C40H48BN5O5. The van der Waals surface area contributed by atoms with Gasteiger partial charge in [-0.1, -0.05) is 64.1 Å². The molecule has 1 aromatic heterocycles. The smallest absolute Gasteiger partial charge is 0.404 e. The van der Waals surface area contributed by atoms with Crippen LogP contribution in [0, 0.1) is 23.2 Å². The number of para-hydroxylation sites is 3. The minimum atomic E-state index is -0.931. The van der Waals surface area contributed by atoms with E-state index in [1.54, 1.807) is 42.5 Å². The van der Waals surface area contributed by atoms with Crippen LogP contribution < -0.4 is 21.7 Å². The molecule has 4 fully saturated rings. The lowest BCUT2D eigenvalue weighted by atomic mass is 9.45. The quantitative estimate of drug-likeness (QED) is 0.0944. The second-order valence-corrected chi connectivity index (χ2v) is 15.9. The number of rotatable bonds is 11. The summed E-state index contributed by atoms with van der Waals surface area (Å²) in [7, 11) is -0.597. The van der Waals surface area contributed by atoms with Gasteiger partial charge in [-0.15, -0.1) is 0 Å². The summed E-state index contributed by atoms with van der Waals surface area (Å²) >= 11 is 0. The second kappa shape index (κ2) is 13.5. The standard InChI is InChI=1S/C40H48BN5O5/c1-23(2)17-34(41-50-35-29-20-27(39(29,3)4)21-40(35,5)51-41)46-38(49)33(19-26-22-43-31-15-8-6-13-28(26)31)45-37(48)25-12-10-11-24(18-25)36(47)44-32-16-9-7-14-30(32)42/h6-16,18,22-23,27,29,33-35,43H,17,19-21,42H2,1-5H3,(H,44,47)(H,45,48)(H,46,49)/t27-,29+,33+,34+,35?,40+/m1/s1. The van der Waals surface area contributed by atoms with Gasteiger partial charge in [0.25, 0.3) is 11.8 Å². The van der Waals surface area contributed by atoms with E-state index in [1.807, 2.05) is 30.5 Å². The zero-order chi connectivity index (χ0) is 36.1. The first-order chi connectivity index (χ1) is 24.3. The average Bonchev–Trinajstić information content (AvgIpc) is 3.69. The predicted molar refractivity (Wildman–Crippen MR) is 200 cm³/mol. The third-order valence-corrected chi connectivity index (χ3v) is 11.5. The van der Waals surface area contributed by atoms with Gasteiger partial charge in [-0.3, -0.25) is 14.4 Å². The van der Waals surface area contributed by atoms with Crippen molar-refractivity contribution in [1.29, 1.82) is 0 Å². The lowest BCUT2D eigenvalue weighted by Gasteiger charge is -2.63. The first kappa shape index (κ1) is 34.8. The van der Waals surface area contributed by atoms with E-state index in [4.69, 9.17) is 15.0 Å². The molecular weight excluding hydrogens is 641 g/mol. The molecule has 3 amide bonds. The molecule has 2 heterocycles. The summed E-state index contributed by atoms with van der Waals surface area (Å²) in [6, 6.07) is 20.3. The van der Waals surface area contributed by atoms with Gasteiger partial charge >= 0.3 is 7.12 Å². The molecule has 0 radical (unpaired) electrons. The van der Waals surface area contributed by atoms with Gasteiger partial charge < -0.3 is 36.0 Å². The number of aromatic amines is 1. The highest BCUT2D eigenvalue weighted by Gasteiger charge is 2.67. The molecule has 4 aromatic rings. The Balaban J connectivity index is 1.12. The number of H-pyrrole nitrogens is 1. The molecule has 51 heavy (non-hydrogen) atoms. The van der Waals surface area contributed by atoms with Crippen molar-refractivity contribution in [3.05, 3.63) is 95.7 Å². The summed E-state index contributed by atoms with van der Waals surface area (Å²) in [5, 5.41) is 10.0. The van der Waals surface area contributed by atoms with Gasteiger partial charge in [-0.05, 0) is 91.3 Å². The first-order valence-electron chi connectivity index (χ1n) is 18.1. The van der Waals surface area contributed by atoms with Crippen LogP contribution in [-0.4, -0.2) is 53.5 Å². The Hall–Kier alpha value is -4.61. The Morgan fingerprint density at radius 2 is 1.69 bits per heavy atom. The highest BCUT2D eigenvalue weighted by molar-refractivity contribution is 6.48. The predicted octanol–water partition coefficient (Wildman–Crippen LogP) is 6.14. The Morgan fingerprint density at radius 1 is 0.961 bits per heavy atom. The van der Waals surface area contributed by atoms with Gasteiger partial charge in [-0.2, -0.15) is 0 Å². The molecule has 6 N–H and O–H groups in total. The lowest BCUT2D eigenvalue weighted by molar-refractivity contribution is -0.185. The van der Waals surface area contributed by atoms with Crippen LogP contribution in [0.5, 0.6) is 0 Å². The molecule has 0 spiro atoms. The fourth-order valence-electron chi connectivity index (χ4n) is 8.52. The van der Waals surface area contributed by atoms with Gasteiger partial charge in [0.15, 0.2) is 0 Å². The summed E-state index contributed by atoms with van der Waals surface area (Å²) in [5.74, 6) is -0.356. The van der Waals surface area contributed by atoms with Crippen LogP contribution in [-0.2, 0) is 20.5 Å². The van der Waals surface area contributed by atoms with Crippen molar-refractivity contribution in [2.24, 2.45) is 23.2 Å². The van der Waals surface area contributed by atoms with E-state index in [-0.39, 0.29) is 40.9 Å². The number of benzene rings is 3. The number of carbonyl (C=O) groups excluding carboxylic acids is 3. The van der Waals surface area contributed by atoms with Crippen LogP contribution in [0.15, 0.2) is 79.0 Å². The number of nitrogens with two attached hydrogens (primary N) is 1. The number of nitrogen functional groups attached to an aromatic ring is 1. The molecule has 10 nitrogen and oxygen atoms in total. The van der Waals surface area contributed by atoms with Gasteiger partial charge in [0, 0.05) is 34.6 Å². The third-order valence-electron chi connectivity index (χ3n) is 11.5. The van der Waals surface area contributed by atoms with Crippen molar-refractivity contribution in [2.45, 2.75) is 84.0 Å². The number of fused-ring (bicyclic) bond motifs is 1. The van der Waals surface area contributed by atoms with Gasteiger partial charge in [0.2, 0.25) is 5.91 Å². The van der Waals surface area contributed by atoms with Gasteiger partial charge in [0.05, 0.1) is 29.0 Å². The van der Waals surface area contributed by atoms with Crippen molar-refractivity contribution in [2.75, 3.05) is 11.1 Å². The molecule has 1 saturated heterocycles. The lowest BCUT2D eigenvalue weighted by Crippen LogP contribution is -2.63. The summed E-state index contributed by atoms with van der Waals surface area (Å²) < 4.78 is 13.4. The Morgan fingerprint density at radius 3 is 2.43 bits per heavy atom. The van der Waals surface area contributed by atoms with Crippen molar-refractivity contribution in [1.82, 2.24) is 15.6 Å². The van der Waals surface area contributed by atoms with Gasteiger partial charge in [0.1, 0.15) is 6.04 Å². The number of amides is 3. The highest BCUT2D eigenvalue weighted by Crippen LogP contribution is 2.64. The minimum absolute atomic E-state index is 0.0291. The van der Waals surface area contributed by atoms with Crippen LogP contribution in [0.1, 0.15) is 80.2 Å². The number of nitrogens with one attached hydrogen (secondary N) is 4. The Kier molecular flexibility index (Phi) is 9.22. The minimum Gasteiger partial charge on any atom is -0.404 e. The normalized spacial score (nSPS) is 24.4. The molecule has 1 unspecified atom stereocenters. The van der Waals surface area contributed by atoms with Gasteiger partial charge in [-0.25, -0.2) is 0 Å². The monoisotopic (exact) mass is 689 g/mol.